The minimum Gasteiger partial charge on any atom is -0.477 e. The minimum absolute atomic E-state index is 0.339. The normalized spacial score (nSPS) is 16.3. The van der Waals surface area contributed by atoms with Crippen molar-refractivity contribution in [2.45, 2.75) is 38.6 Å². The number of nitrogens with zero attached hydrogens (tertiary/aromatic N) is 3. The van der Waals surface area contributed by atoms with Crippen LogP contribution in [0.3, 0.4) is 0 Å². The molecular weight excluding hydrogens is 218 g/mol. The van der Waals surface area contributed by atoms with Crippen molar-refractivity contribution in [2.75, 3.05) is 0 Å². The molecule has 0 atom stereocenters. The zero-order valence-corrected chi connectivity index (χ0v) is 9.76. The quantitative estimate of drug-likeness (QED) is 0.883. The summed E-state index contributed by atoms with van der Waals surface area (Å²) < 4.78 is 3.62. The highest BCUT2D eigenvalue weighted by molar-refractivity contribution is 5.96. The first-order valence-electron chi connectivity index (χ1n) is 6.03. The van der Waals surface area contributed by atoms with Crippen LogP contribution in [0, 0.1) is 0 Å². The van der Waals surface area contributed by atoms with Crippen molar-refractivity contribution in [3.8, 4) is 0 Å². The molecule has 1 aliphatic carbocycles. The summed E-state index contributed by atoms with van der Waals surface area (Å²) in [5.74, 6) is -0.526. The van der Waals surface area contributed by atoms with Crippen molar-refractivity contribution >= 4 is 11.6 Å². The first-order chi connectivity index (χ1) is 8.22. The van der Waals surface area contributed by atoms with Crippen molar-refractivity contribution in [1.82, 2.24) is 14.2 Å². The van der Waals surface area contributed by atoms with Crippen molar-refractivity contribution in [3.05, 3.63) is 23.7 Å². The number of hydrogen-bond acceptors (Lipinski definition) is 2. The summed E-state index contributed by atoms with van der Waals surface area (Å²) in [7, 11) is 0. The van der Waals surface area contributed by atoms with Gasteiger partial charge in [-0.2, -0.15) is 5.10 Å². The molecule has 1 N–H and O–H groups in total. The second kappa shape index (κ2) is 3.61. The van der Waals surface area contributed by atoms with Gasteiger partial charge in [0.25, 0.3) is 0 Å². The number of aromatic nitrogens is 3. The molecule has 2 aromatic rings. The van der Waals surface area contributed by atoms with Gasteiger partial charge in [-0.15, -0.1) is 0 Å². The first-order valence-corrected chi connectivity index (χ1v) is 6.03. The summed E-state index contributed by atoms with van der Waals surface area (Å²) >= 11 is 0. The summed E-state index contributed by atoms with van der Waals surface area (Å²) in [5.41, 5.74) is 1.87. The van der Waals surface area contributed by atoms with Crippen LogP contribution in [0.2, 0.25) is 0 Å². The maximum absolute atomic E-state index is 11.4. The Morgan fingerprint density at radius 1 is 1.53 bits per heavy atom. The third kappa shape index (κ3) is 1.38. The van der Waals surface area contributed by atoms with Crippen LogP contribution in [0.1, 0.15) is 48.2 Å². The highest BCUT2D eigenvalue weighted by Crippen LogP contribution is 2.38. The third-order valence-electron chi connectivity index (χ3n) is 3.62. The second-order valence-electron chi connectivity index (χ2n) is 4.55. The monoisotopic (exact) mass is 233 g/mol. The Kier molecular flexibility index (Phi) is 2.21. The summed E-state index contributed by atoms with van der Waals surface area (Å²) in [5, 5.41) is 13.8. The van der Waals surface area contributed by atoms with Crippen LogP contribution in [-0.2, 0) is 6.54 Å². The van der Waals surface area contributed by atoms with Crippen molar-refractivity contribution < 1.29 is 9.90 Å². The lowest BCUT2D eigenvalue weighted by molar-refractivity contribution is 0.0696. The fourth-order valence-electron chi connectivity index (χ4n) is 2.46. The van der Waals surface area contributed by atoms with Crippen molar-refractivity contribution in [1.29, 1.82) is 0 Å². The van der Waals surface area contributed by atoms with Crippen LogP contribution in [0.15, 0.2) is 12.4 Å². The van der Waals surface area contributed by atoms with Crippen molar-refractivity contribution in [3.63, 3.8) is 0 Å². The number of fused-ring (bicyclic) bond motifs is 1. The van der Waals surface area contributed by atoms with E-state index < -0.39 is 5.97 Å². The molecule has 1 fully saturated rings. The Bertz CT molecular complexity index is 578. The van der Waals surface area contributed by atoms with E-state index >= 15 is 0 Å². The van der Waals surface area contributed by atoms with E-state index in [2.05, 4.69) is 5.10 Å². The lowest BCUT2D eigenvalue weighted by atomic mass is 9.81. The second-order valence-corrected chi connectivity index (χ2v) is 4.55. The Morgan fingerprint density at radius 2 is 2.29 bits per heavy atom. The van der Waals surface area contributed by atoms with E-state index in [1.165, 1.54) is 6.42 Å². The molecule has 1 saturated carbocycles. The lowest BCUT2D eigenvalue weighted by Gasteiger charge is -2.23. The molecule has 5 heteroatoms. The van der Waals surface area contributed by atoms with Gasteiger partial charge < -0.3 is 9.67 Å². The predicted molar refractivity (Wildman–Crippen MR) is 62.4 cm³/mol. The molecule has 2 aromatic heterocycles. The van der Waals surface area contributed by atoms with E-state index in [4.69, 9.17) is 0 Å². The Labute approximate surface area is 98.7 Å². The molecule has 5 nitrogen and oxygen atoms in total. The van der Waals surface area contributed by atoms with Gasteiger partial charge in [0.1, 0.15) is 5.56 Å². The standard InChI is InChI=1S/C12H15N3O2/c1-2-14-6-7-15-11(14)9(12(16)17)10(13-15)8-4-3-5-8/h6-8H,2-5H2,1H3,(H,16,17). The van der Waals surface area contributed by atoms with Gasteiger partial charge in [0.05, 0.1) is 5.69 Å². The highest BCUT2D eigenvalue weighted by atomic mass is 16.4. The van der Waals surface area contributed by atoms with E-state index in [0.717, 1.165) is 25.1 Å². The molecule has 3 rings (SSSR count). The summed E-state index contributed by atoms with van der Waals surface area (Å²) in [6, 6.07) is 0. The van der Waals surface area contributed by atoms with Gasteiger partial charge in [-0.1, -0.05) is 6.42 Å². The Balaban J connectivity index is 2.24. The van der Waals surface area contributed by atoms with E-state index in [0.29, 0.717) is 17.1 Å². The molecule has 0 saturated heterocycles. The average molecular weight is 233 g/mol. The molecular formula is C12H15N3O2. The SMILES string of the molecule is CCn1ccn2nc(C3CCC3)c(C(=O)O)c12. The number of imidazole rings is 1. The minimum atomic E-state index is -0.865. The van der Waals surface area contributed by atoms with Crippen LogP contribution in [0.4, 0.5) is 0 Å². The molecule has 1 aliphatic rings. The summed E-state index contributed by atoms with van der Waals surface area (Å²) in [6.07, 6.45) is 7.01. The highest BCUT2D eigenvalue weighted by Gasteiger charge is 2.30. The molecule has 0 aliphatic heterocycles. The lowest BCUT2D eigenvalue weighted by Crippen LogP contribution is -2.14. The van der Waals surface area contributed by atoms with E-state index in [-0.39, 0.29) is 0 Å². The molecule has 0 spiro atoms. The van der Waals surface area contributed by atoms with Gasteiger partial charge in [-0.25, -0.2) is 9.31 Å². The average Bonchev–Trinajstić information content (AvgIpc) is 2.72. The molecule has 0 radical (unpaired) electrons. The van der Waals surface area contributed by atoms with Gasteiger partial charge >= 0.3 is 5.97 Å². The molecule has 0 aromatic carbocycles. The Morgan fingerprint density at radius 3 is 2.82 bits per heavy atom. The Hall–Kier alpha value is -1.78. The van der Waals surface area contributed by atoms with Crippen molar-refractivity contribution in [2.24, 2.45) is 0 Å². The molecule has 0 amide bonds. The summed E-state index contributed by atoms with van der Waals surface area (Å²) in [6.45, 7) is 2.76. The van der Waals surface area contributed by atoms with E-state index in [9.17, 15) is 9.90 Å². The van der Waals surface area contributed by atoms with Crippen LogP contribution in [-0.4, -0.2) is 25.3 Å². The largest absolute Gasteiger partial charge is 0.477 e. The van der Waals surface area contributed by atoms with Crippen LogP contribution in [0.25, 0.3) is 5.65 Å². The van der Waals surface area contributed by atoms with Gasteiger partial charge in [0, 0.05) is 24.9 Å². The van der Waals surface area contributed by atoms with Gasteiger partial charge in [-0.05, 0) is 19.8 Å². The molecule has 2 heterocycles. The number of carboxylic acid groups (broad SMARTS) is 1. The number of aryl methyl sites for hydroxylation is 1. The van der Waals surface area contributed by atoms with Gasteiger partial charge in [0.2, 0.25) is 0 Å². The van der Waals surface area contributed by atoms with Gasteiger partial charge in [-0.3, -0.25) is 0 Å². The molecule has 0 unspecified atom stereocenters. The van der Waals surface area contributed by atoms with Crippen LogP contribution >= 0.6 is 0 Å². The van der Waals surface area contributed by atoms with E-state index in [1.54, 1.807) is 4.52 Å². The fraction of sp³-hybridized carbons (Fsp3) is 0.500. The maximum atomic E-state index is 11.4. The van der Waals surface area contributed by atoms with E-state index in [1.807, 2.05) is 23.9 Å². The number of carboxylic acids is 1. The van der Waals surface area contributed by atoms with Crippen LogP contribution in [0.5, 0.6) is 0 Å². The first kappa shape index (κ1) is 10.4. The maximum Gasteiger partial charge on any atom is 0.341 e. The fourth-order valence-corrected chi connectivity index (χ4v) is 2.46. The number of hydrogen-bond donors (Lipinski definition) is 1. The third-order valence-corrected chi connectivity index (χ3v) is 3.62. The zero-order valence-electron chi connectivity index (χ0n) is 9.76. The number of aromatic carboxylic acids is 1. The topological polar surface area (TPSA) is 59.5 Å². The number of rotatable bonds is 3. The smallest absolute Gasteiger partial charge is 0.341 e. The van der Waals surface area contributed by atoms with Crippen LogP contribution < -0.4 is 0 Å². The summed E-state index contributed by atoms with van der Waals surface area (Å²) in [4.78, 5) is 11.4. The zero-order chi connectivity index (χ0) is 12.0. The molecule has 0 bridgehead atoms. The van der Waals surface area contributed by atoms with Gasteiger partial charge in [0.15, 0.2) is 5.65 Å². The molecule has 17 heavy (non-hydrogen) atoms. The number of carbonyl (C=O) groups is 1. The predicted octanol–water partition coefficient (Wildman–Crippen LogP) is 2.12. The molecule has 90 valence electrons.